The van der Waals surface area contributed by atoms with Crippen LogP contribution < -0.4 is 0 Å². The summed E-state index contributed by atoms with van der Waals surface area (Å²) in [6, 6.07) is 4.79. The minimum absolute atomic E-state index is 0.0590. The van der Waals surface area contributed by atoms with Crippen molar-refractivity contribution in [3.63, 3.8) is 0 Å². The molecule has 0 radical (unpaired) electrons. The maximum atomic E-state index is 10.4. The van der Waals surface area contributed by atoms with Crippen LogP contribution in [0.25, 0.3) is 0 Å². The van der Waals surface area contributed by atoms with E-state index < -0.39 is 5.97 Å². The van der Waals surface area contributed by atoms with Crippen LogP contribution in [0.5, 0.6) is 5.75 Å². The number of carboxylic acid groups (broad SMARTS) is 1. The molecule has 72 valence electrons. The summed E-state index contributed by atoms with van der Waals surface area (Å²) in [6.45, 7) is 0. The molecule has 1 aromatic carbocycles. The fourth-order valence-corrected chi connectivity index (χ4v) is 1.43. The highest BCUT2D eigenvalue weighted by Crippen LogP contribution is 2.29. The summed E-state index contributed by atoms with van der Waals surface area (Å²) in [5.41, 5.74) is 0.293. The van der Waals surface area contributed by atoms with Crippen LogP contribution in [-0.4, -0.2) is 16.2 Å². The van der Waals surface area contributed by atoms with Crippen LogP contribution in [0, 0.1) is 11.3 Å². The predicted molar refractivity (Wildman–Crippen MR) is 51.9 cm³/mol. The van der Waals surface area contributed by atoms with Gasteiger partial charge in [0.2, 0.25) is 0 Å². The molecule has 0 amide bonds. The Morgan fingerprint density at radius 1 is 1.57 bits per heavy atom. The van der Waals surface area contributed by atoms with E-state index in [-0.39, 0.29) is 23.3 Å². The number of aliphatic carboxylic acids is 1. The Bertz CT molecular complexity index is 423. The second-order valence-electron chi connectivity index (χ2n) is 2.61. The summed E-state index contributed by atoms with van der Waals surface area (Å²) in [5.74, 6) is -1.32. The lowest BCUT2D eigenvalue weighted by molar-refractivity contribution is -0.136. The Balaban J connectivity index is 3.23. The van der Waals surface area contributed by atoms with E-state index in [0.29, 0.717) is 4.47 Å². The molecule has 0 aliphatic rings. The largest absolute Gasteiger partial charge is 0.506 e. The number of rotatable bonds is 2. The van der Waals surface area contributed by atoms with Gasteiger partial charge in [0.15, 0.2) is 0 Å². The molecule has 1 rings (SSSR count). The second kappa shape index (κ2) is 4.11. The number of hydrogen-bond donors (Lipinski definition) is 2. The fourth-order valence-electron chi connectivity index (χ4n) is 1.02. The molecule has 0 heterocycles. The molecular formula is C9H6BrNO3. The second-order valence-corrected chi connectivity index (χ2v) is 3.47. The van der Waals surface area contributed by atoms with Gasteiger partial charge in [0.25, 0.3) is 0 Å². The molecule has 0 bridgehead atoms. The molecular weight excluding hydrogens is 250 g/mol. The summed E-state index contributed by atoms with van der Waals surface area (Å²) in [6.07, 6.45) is -0.298. The maximum Gasteiger partial charge on any atom is 0.307 e. The number of phenols is 1. The van der Waals surface area contributed by atoms with Gasteiger partial charge in [0.05, 0.1) is 6.42 Å². The highest BCUT2D eigenvalue weighted by atomic mass is 79.9. The smallest absolute Gasteiger partial charge is 0.307 e. The zero-order chi connectivity index (χ0) is 10.7. The van der Waals surface area contributed by atoms with E-state index in [4.69, 9.17) is 10.4 Å². The first-order chi connectivity index (χ1) is 6.56. The lowest BCUT2D eigenvalue weighted by Gasteiger charge is -2.04. The average molecular weight is 256 g/mol. The molecule has 0 aliphatic heterocycles. The highest BCUT2D eigenvalue weighted by molar-refractivity contribution is 9.10. The zero-order valence-corrected chi connectivity index (χ0v) is 8.58. The Morgan fingerprint density at radius 3 is 2.71 bits per heavy atom. The molecule has 14 heavy (non-hydrogen) atoms. The number of benzene rings is 1. The number of nitriles is 1. The van der Waals surface area contributed by atoms with Crippen molar-refractivity contribution in [1.29, 1.82) is 5.26 Å². The molecule has 0 saturated heterocycles. The molecule has 5 heteroatoms. The van der Waals surface area contributed by atoms with Gasteiger partial charge in [-0.05, 0) is 22.0 Å². The summed E-state index contributed by atoms with van der Waals surface area (Å²) >= 11 is 3.08. The Labute approximate surface area is 88.5 Å². The summed E-state index contributed by atoms with van der Waals surface area (Å²) < 4.78 is 0.451. The normalized spacial score (nSPS) is 9.43. The Morgan fingerprint density at radius 2 is 2.21 bits per heavy atom. The number of carbonyl (C=O) groups is 1. The first kappa shape index (κ1) is 10.5. The highest BCUT2D eigenvalue weighted by Gasteiger charge is 2.12. The van der Waals surface area contributed by atoms with Crippen LogP contribution in [0.15, 0.2) is 16.6 Å². The SMILES string of the molecule is N#Cc1c(Br)ccc(CC(=O)O)c1O. The molecule has 0 aromatic heterocycles. The van der Waals surface area contributed by atoms with Crippen LogP contribution in [0.2, 0.25) is 0 Å². The number of halogens is 1. The molecule has 0 spiro atoms. The molecule has 0 fully saturated rings. The van der Waals surface area contributed by atoms with E-state index in [1.165, 1.54) is 12.1 Å². The van der Waals surface area contributed by atoms with Crippen molar-refractivity contribution in [3.05, 3.63) is 27.7 Å². The van der Waals surface area contributed by atoms with Crippen LogP contribution in [0.4, 0.5) is 0 Å². The quantitative estimate of drug-likeness (QED) is 0.842. The summed E-state index contributed by atoms with van der Waals surface area (Å²) in [5, 5.41) is 26.7. The predicted octanol–water partition coefficient (Wildman–Crippen LogP) is 1.65. The molecule has 4 nitrogen and oxygen atoms in total. The molecule has 2 N–H and O–H groups in total. The van der Waals surface area contributed by atoms with Crippen molar-refractivity contribution < 1.29 is 15.0 Å². The third-order valence-electron chi connectivity index (χ3n) is 1.66. The first-order valence-corrected chi connectivity index (χ1v) is 4.47. The maximum absolute atomic E-state index is 10.4. The van der Waals surface area contributed by atoms with Crippen LogP contribution in [0.3, 0.4) is 0 Å². The van der Waals surface area contributed by atoms with Gasteiger partial charge in [-0.3, -0.25) is 4.79 Å². The van der Waals surface area contributed by atoms with Crippen molar-refractivity contribution in [2.24, 2.45) is 0 Å². The van der Waals surface area contributed by atoms with E-state index in [9.17, 15) is 9.90 Å². The average Bonchev–Trinajstić information content (AvgIpc) is 2.10. The zero-order valence-electron chi connectivity index (χ0n) is 6.99. The Hall–Kier alpha value is -1.54. The summed E-state index contributed by atoms with van der Waals surface area (Å²) in [4.78, 5) is 10.4. The summed E-state index contributed by atoms with van der Waals surface area (Å²) in [7, 11) is 0. The van der Waals surface area contributed by atoms with Crippen molar-refractivity contribution >= 4 is 21.9 Å². The molecule has 0 aliphatic carbocycles. The molecule has 1 aromatic rings. The lowest BCUT2D eigenvalue weighted by atomic mass is 10.1. The number of aromatic hydroxyl groups is 1. The third-order valence-corrected chi connectivity index (χ3v) is 2.32. The van der Waals surface area contributed by atoms with Crippen molar-refractivity contribution in [2.45, 2.75) is 6.42 Å². The first-order valence-electron chi connectivity index (χ1n) is 3.68. The van der Waals surface area contributed by atoms with E-state index in [1.54, 1.807) is 6.07 Å². The van der Waals surface area contributed by atoms with Gasteiger partial charge in [-0.15, -0.1) is 0 Å². The monoisotopic (exact) mass is 255 g/mol. The minimum atomic E-state index is -1.05. The van der Waals surface area contributed by atoms with Gasteiger partial charge in [-0.1, -0.05) is 6.07 Å². The van der Waals surface area contributed by atoms with E-state index in [2.05, 4.69) is 15.9 Å². The van der Waals surface area contributed by atoms with Crippen molar-refractivity contribution in [1.82, 2.24) is 0 Å². The fraction of sp³-hybridized carbons (Fsp3) is 0.111. The van der Waals surface area contributed by atoms with Gasteiger partial charge in [0.1, 0.15) is 17.4 Å². The number of hydrogen-bond acceptors (Lipinski definition) is 3. The topological polar surface area (TPSA) is 81.3 Å². The third kappa shape index (κ3) is 2.03. The van der Waals surface area contributed by atoms with Crippen LogP contribution in [-0.2, 0) is 11.2 Å². The molecule has 0 unspecified atom stereocenters. The van der Waals surface area contributed by atoms with Crippen molar-refractivity contribution in [2.75, 3.05) is 0 Å². The van der Waals surface area contributed by atoms with Crippen molar-refractivity contribution in [3.8, 4) is 11.8 Å². The van der Waals surface area contributed by atoms with Gasteiger partial charge in [-0.2, -0.15) is 5.26 Å². The molecule has 0 atom stereocenters. The molecule has 0 saturated carbocycles. The minimum Gasteiger partial charge on any atom is -0.506 e. The van der Waals surface area contributed by atoms with E-state index in [0.717, 1.165) is 0 Å². The number of nitrogens with zero attached hydrogens (tertiary/aromatic N) is 1. The Kier molecular flexibility index (Phi) is 3.10. The van der Waals surface area contributed by atoms with E-state index >= 15 is 0 Å². The van der Waals surface area contributed by atoms with Crippen LogP contribution in [0.1, 0.15) is 11.1 Å². The number of phenolic OH excluding ortho intramolecular Hbond substituents is 1. The van der Waals surface area contributed by atoms with Crippen LogP contribution >= 0.6 is 15.9 Å². The van der Waals surface area contributed by atoms with E-state index in [1.807, 2.05) is 0 Å². The van der Waals surface area contributed by atoms with Gasteiger partial charge >= 0.3 is 5.97 Å². The van der Waals surface area contributed by atoms with Gasteiger partial charge < -0.3 is 10.2 Å². The van der Waals surface area contributed by atoms with Gasteiger partial charge in [0, 0.05) is 10.0 Å². The number of carboxylic acids is 1. The van der Waals surface area contributed by atoms with Gasteiger partial charge in [-0.25, -0.2) is 0 Å². The lowest BCUT2D eigenvalue weighted by Crippen LogP contribution is -2.01. The standard InChI is InChI=1S/C9H6BrNO3/c10-7-2-1-5(3-8(12)13)9(14)6(7)4-11/h1-2,14H,3H2,(H,12,13).